The predicted molar refractivity (Wildman–Crippen MR) is 71.2 cm³/mol. The van der Waals surface area contributed by atoms with Gasteiger partial charge in [0.05, 0.1) is 7.11 Å². The molecule has 0 saturated carbocycles. The first-order valence-electron chi connectivity index (χ1n) is 6.40. The van der Waals surface area contributed by atoms with Gasteiger partial charge in [0.2, 0.25) is 0 Å². The Balaban J connectivity index is 2.77. The second-order valence-corrected chi connectivity index (χ2v) is 4.29. The molecule has 1 atom stereocenters. The Hall–Kier alpha value is -1.36. The highest BCUT2D eigenvalue weighted by Crippen LogP contribution is 2.30. The van der Waals surface area contributed by atoms with E-state index in [4.69, 9.17) is 9.47 Å². The van der Waals surface area contributed by atoms with Crippen LogP contribution >= 0.6 is 0 Å². The second kappa shape index (κ2) is 7.94. The minimum absolute atomic E-state index is 0.179. The van der Waals surface area contributed by atoms with Gasteiger partial charge in [-0.1, -0.05) is 13.0 Å². The van der Waals surface area contributed by atoms with Crippen LogP contribution in [0, 0.1) is 0 Å². The topological polar surface area (TPSA) is 30.5 Å². The number of alkyl halides is 2. The van der Waals surface area contributed by atoms with Crippen molar-refractivity contribution in [3.63, 3.8) is 0 Å². The summed E-state index contributed by atoms with van der Waals surface area (Å²) in [5.41, 5.74) is 1.04. The lowest BCUT2D eigenvalue weighted by atomic mass is 10.1. The van der Waals surface area contributed by atoms with Crippen molar-refractivity contribution in [1.29, 1.82) is 0 Å². The number of hydrogen-bond donors (Lipinski definition) is 1. The van der Waals surface area contributed by atoms with E-state index in [9.17, 15) is 8.78 Å². The number of rotatable bonds is 8. The van der Waals surface area contributed by atoms with Crippen LogP contribution in [0.5, 0.6) is 11.5 Å². The Morgan fingerprint density at radius 2 is 2.00 bits per heavy atom. The zero-order valence-electron chi connectivity index (χ0n) is 11.6. The molecule has 1 unspecified atom stereocenters. The molecule has 3 nitrogen and oxygen atoms in total. The summed E-state index contributed by atoms with van der Waals surface area (Å²) in [4.78, 5) is 0. The quantitative estimate of drug-likeness (QED) is 0.787. The molecular formula is C14H21F2NO2. The molecule has 0 saturated heterocycles. The molecular weight excluding hydrogens is 252 g/mol. The number of methoxy groups -OCH3 is 1. The van der Waals surface area contributed by atoms with Gasteiger partial charge in [-0.05, 0) is 37.6 Å². The van der Waals surface area contributed by atoms with Crippen LogP contribution in [0.2, 0.25) is 0 Å². The molecule has 0 spiro atoms. The van der Waals surface area contributed by atoms with Gasteiger partial charge in [-0.15, -0.1) is 0 Å². The zero-order chi connectivity index (χ0) is 14.3. The van der Waals surface area contributed by atoms with E-state index in [2.05, 4.69) is 12.2 Å². The lowest BCUT2D eigenvalue weighted by molar-refractivity contribution is 0.0804. The minimum Gasteiger partial charge on any atom is -0.493 e. The first-order chi connectivity index (χ1) is 9.08. The van der Waals surface area contributed by atoms with Crippen molar-refractivity contribution >= 4 is 0 Å². The lowest BCUT2D eigenvalue weighted by Gasteiger charge is -2.16. The van der Waals surface area contributed by atoms with Crippen molar-refractivity contribution in [2.24, 2.45) is 0 Å². The highest BCUT2D eigenvalue weighted by molar-refractivity contribution is 5.43. The van der Waals surface area contributed by atoms with E-state index in [0.29, 0.717) is 11.5 Å². The third kappa shape index (κ3) is 5.03. The van der Waals surface area contributed by atoms with E-state index in [-0.39, 0.29) is 6.04 Å². The summed E-state index contributed by atoms with van der Waals surface area (Å²) in [6.45, 7) is 4.44. The summed E-state index contributed by atoms with van der Waals surface area (Å²) in [6.07, 6.45) is -1.44. The molecule has 0 fully saturated rings. The summed E-state index contributed by atoms with van der Waals surface area (Å²) < 4.78 is 34.4. The fourth-order valence-electron chi connectivity index (χ4n) is 1.70. The van der Waals surface area contributed by atoms with Gasteiger partial charge >= 0.3 is 0 Å². The number of halogens is 2. The zero-order valence-corrected chi connectivity index (χ0v) is 11.6. The predicted octanol–water partition coefficient (Wildman–Crippen LogP) is 3.40. The molecule has 1 rings (SSSR count). The number of nitrogens with one attached hydrogen (secondary N) is 1. The molecule has 0 aliphatic carbocycles. The monoisotopic (exact) mass is 273 g/mol. The van der Waals surface area contributed by atoms with Gasteiger partial charge in [-0.3, -0.25) is 0 Å². The standard InChI is InChI=1S/C14H21F2NO2/c1-4-7-17-10(2)11-5-6-12(13(8-11)18-3)19-9-14(15)16/h5-6,8,10,14,17H,4,7,9H2,1-3H3. The van der Waals surface area contributed by atoms with E-state index in [0.717, 1.165) is 18.5 Å². The Morgan fingerprint density at radius 3 is 2.58 bits per heavy atom. The third-order valence-electron chi connectivity index (χ3n) is 2.75. The number of benzene rings is 1. The van der Waals surface area contributed by atoms with Gasteiger partial charge in [0.1, 0.15) is 6.61 Å². The maximum atomic E-state index is 12.1. The van der Waals surface area contributed by atoms with Crippen molar-refractivity contribution in [2.45, 2.75) is 32.7 Å². The van der Waals surface area contributed by atoms with Gasteiger partial charge < -0.3 is 14.8 Å². The molecule has 0 heterocycles. The van der Waals surface area contributed by atoms with E-state index >= 15 is 0 Å². The molecule has 1 N–H and O–H groups in total. The van der Waals surface area contributed by atoms with Crippen molar-refractivity contribution in [1.82, 2.24) is 5.32 Å². The van der Waals surface area contributed by atoms with Gasteiger partial charge in [0, 0.05) is 6.04 Å². The third-order valence-corrected chi connectivity index (χ3v) is 2.75. The molecule has 0 aromatic heterocycles. The van der Waals surface area contributed by atoms with Crippen LogP contribution in [0.3, 0.4) is 0 Å². The molecule has 1 aromatic carbocycles. The van der Waals surface area contributed by atoms with Crippen LogP contribution in [-0.4, -0.2) is 26.7 Å². The van der Waals surface area contributed by atoms with Crippen LogP contribution < -0.4 is 14.8 Å². The van der Waals surface area contributed by atoms with Crippen LogP contribution in [0.15, 0.2) is 18.2 Å². The van der Waals surface area contributed by atoms with E-state index in [1.165, 1.54) is 7.11 Å². The first kappa shape index (κ1) is 15.7. The fraction of sp³-hybridized carbons (Fsp3) is 0.571. The molecule has 108 valence electrons. The first-order valence-corrected chi connectivity index (χ1v) is 6.40. The maximum absolute atomic E-state index is 12.1. The molecule has 19 heavy (non-hydrogen) atoms. The SMILES string of the molecule is CCCNC(C)c1ccc(OCC(F)F)c(OC)c1. The molecule has 0 aliphatic heterocycles. The molecule has 0 aliphatic rings. The number of hydrogen-bond acceptors (Lipinski definition) is 3. The largest absolute Gasteiger partial charge is 0.493 e. The molecule has 0 radical (unpaired) electrons. The number of ether oxygens (including phenoxy) is 2. The molecule has 1 aromatic rings. The molecule has 5 heteroatoms. The van der Waals surface area contributed by atoms with Crippen LogP contribution in [-0.2, 0) is 0 Å². The lowest BCUT2D eigenvalue weighted by Crippen LogP contribution is -2.19. The summed E-state index contributed by atoms with van der Waals surface area (Å²) in [5.74, 6) is 0.817. The highest BCUT2D eigenvalue weighted by atomic mass is 19.3. The van der Waals surface area contributed by atoms with Crippen molar-refractivity contribution in [2.75, 3.05) is 20.3 Å². The van der Waals surface area contributed by atoms with Crippen LogP contribution in [0.25, 0.3) is 0 Å². The average Bonchev–Trinajstić information content (AvgIpc) is 2.42. The summed E-state index contributed by atoms with van der Waals surface area (Å²) in [7, 11) is 1.50. The Kier molecular flexibility index (Phi) is 6.56. The van der Waals surface area contributed by atoms with E-state index in [1.54, 1.807) is 6.07 Å². The van der Waals surface area contributed by atoms with Crippen molar-refractivity contribution < 1.29 is 18.3 Å². The second-order valence-electron chi connectivity index (χ2n) is 4.29. The van der Waals surface area contributed by atoms with Gasteiger partial charge in [-0.25, -0.2) is 8.78 Å². The van der Waals surface area contributed by atoms with Crippen LogP contribution in [0.4, 0.5) is 8.78 Å². The summed E-state index contributed by atoms with van der Waals surface area (Å²) in [5, 5.41) is 3.35. The van der Waals surface area contributed by atoms with Gasteiger partial charge in [0.25, 0.3) is 6.43 Å². The Morgan fingerprint density at radius 1 is 1.26 bits per heavy atom. The normalized spacial score (nSPS) is 12.5. The summed E-state index contributed by atoms with van der Waals surface area (Å²) in [6, 6.07) is 5.52. The average molecular weight is 273 g/mol. The summed E-state index contributed by atoms with van der Waals surface area (Å²) >= 11 is 0. The van der Waals surface area contributed by atoms with Crippen molar-refractivity contribution in [3.05, 3.63) is 23.8 Å². The molecule has 0 amide bonds. The van der Waals surface area contributed by atoms with Crippen LogP contribution in [0.1, 0.15) is 31.9 Å². The molecule has 0 bridgehead atoms. The van der Waals surface area contributed by atoms with E-state index < -0.39 is 13.0 Å². The smallest absolute Gasteiger partial charge is 0.272 e. The Labute approximate surface area is 112 Å². The minimum atomic E-state index is -2.49. The van der Waals surface area contributed by atoms with Gasteiger partial charge in [-0.2, -0.15) is 0 Å². The van der Waals surface area contributed by atoms with Gasteiger partial charge in [0.15, 0.2) is 11.5 Å². The highest BCUT2D eigenvalue weighted by Gasteiger charge is 2.12. The Bertz CT molecular complexity index is 386. The fourth-order valence-corrected chi connectivity index (χ4v) is 1.70. The van der Waals surface area contributed by atoms with Crippen molar-refractivity contribution in [3.8, 4) is 11.5 Å². The van der Waals surface area contributed by atoms with E-state index in [1.807, 2.05) is 19.1 Å². The maximum Gasteiger partial charge on any atom is 0.272 e.